The van der Waals surface area contributed by atoms with Crippen LogP contribution in [-0.4, -0.2) is 31.6 Å². The molecule has 1 amide bonds. The van der Waals surface area contributed by atoms with E-state index in [1.165, 1.54) is 31.5 Å². The molecule has 9 heteroatoms. The van der Waals surface area contributed by atoms with E-state index < -0.39 is 21.1 Å². The first-order chi connectivity index (χ1) is 14.9. The van der Waals surface area contributed by atoms with E-state index in [-0.39, 0.29) is 10.5 Å². The molecule has 0 bridgehead atoms. The number of nitrogens with zero attached hydrogens (tertiary/aromatic N) is 1. The molecule has 0 aliphatic rings. The summed E-state index contributed by atoms with van der Waals surface area (Å²) in [4.78, 5) is 16.4. The molecular formula is C22H23N3O5S. The third-order valence-electron chi connectivity index (χ3n) is 4.84. The number of anilines is 1. The Hall–Kier alpha value is -3.43. The summed E-state index contributed by atoms with van der Waals surface area (Å²) in [6, 6.07) is 14.3. The number of hydrogen-bond donors (Lipinski definition) is 3. The van der Waals surface area contributed by atoms with Gasteiger partial charge in [-0.25, -0.2) is 13.9 Å². The summed E-state index contributed by atoms with van der Waals surface area (Å²) in [5.74, 6) is -0.215. The Labute approximate surface area is 180 Å². The number of aromatic nitrogens is 1. The number of methoxy groups -OCH3 is 1. The zero-order valence-electron chi connectivity index (χ0n) is 17.1. The van der Waals surface area contributed by atoms with E-state index in [0.717, 1.165) is 5.56 Å². The van der Waals surface area contributed by atoms with E-state index in [1.807, 2.05) is 6.92 Å². The number of hydroxylamine groups is 1. The monoisotopic (exact) mass is 441 g/mol. The minimum Gasteiger partial charge on any atom is -0.497 e. The van der Waals surface area contributed by atoms with Crippen molar-refractivity contribution >= 4 is 21.4 Å². The second-order valence-electron chi connectivity index (χ2n) is 6.67. The number of ether oxygens (including phenoxy) is 1. The Bertz CT molecular complexity index is 1150. The minimum absolute atomic E-state index is 0.0804. The van der Waals surface area contributed by atoms with Crippen molar-refractivity contribution in [2.24, 2.45) is 0 Å². The number of nitrogens with one attached hydrogen (secondary N) is 2. The van der Waals surface area contributed by atoms with E-state index in [4.69, 9.17) is 9.94 Å². The molecule has 3 aromatic rings. The molecule has 1 heterocycles. The van der Waals surface area contributed by atoms with Gasteiger partial charge in [-0.3, -0.25) is 15.0 Å². The van der Waals surface area contributed by atoms with E-state index in [9.17, 15) is 13.2 Å². The number of amides is 1. The summed E-state index contributed by atoms with van der Waals surface area (Å²) in [5.41, 5.74) is 3.19. The highest BCUT2D eigenvalue weighted by atomic mass is 32.2. The first kappa shape index (κ1) is 22.3. The fraction of sp³-hybridized carbons (Fsp3) is 0.182. The molecule has 8 nitrogen and oxygen atoms in total. The Kier molecular flexibility index (Phi) is 6.88. The Morgan fingerprint density at radius 3 is 2.45 bits per heavy atom. The molecule has 0 aliphatic heterocycles. The molecule has 0 radical (unpaired) electrons. The van der Waals surface area contributed by atoms with Crippen LogP contribution in [0.5, 0.6) is 5.75 Å². The number of hydrogen-bond acceptors (Lipinski definition) is 7. The van der Waals surface area contributed by atoms with Gasteiger partial charge in [0.05, 0.1) is 23.3 Å². The maximum Gasteiger partial charge on any atom is 0.276 e. The van der Waals surface area contributed by atoms with Crippen LogP contribution in [0.2, 0.25) is 0 Å². The van der Waals surface area contributed by atoms with E-state index in [1.54, 1.807) is 48.1 Å². The van der Waals surface area contributed by atoms with Gasteiger partial charge in [0.1, 0.15) is 5.75 Å². The summed E-state index contributed by atoms with van der Waals surface area (Å²) < 4.78 is 32.3. The van der Waals surface area contributed by atoms with E-state index in [0.29, 0.717) is 23.4 Å². The Morgan fingerprint density at radius 2 is 1.87 bits per heavy atom. The average Bonchev–Trinajstić information content (AvgIpc) is 2.82. The fourth-order valence-corrected chi connectivity index (χ4v) is 4.78. The lowest BCUT2D eigenvalue weighted by Gasteiger charge is -2.24. The Balaban J connectivity index is 2.15. The minimum atomic E-state index is -3.95. The zero-order valence-corrected chi connectivity index (χ0v) is 17.9. The van der Waals surface area contributed by atoms with Crippen molar-refractivity contribution < 1.29 is 23.2 Å². The molecule has 1 aromatic heterocycles. The van der Waals surface area contributed by atoms with Gasteiger partial charge in [0.2, 0.25) is 9.84 Å². The topological polar surface area (TPSA) is 118 Å². The van der Waals surface area contributed by atoms with Crippen molar-refractivity contribution in [2.75, 3.05) is 12.4 Å². The molecule has 1 unspecified atom stereocenters. The van der Waals surface area contributed by atoms with Crippen molar-refractivity contribution in [1.29, 1.82) is 0 Å². The van der Waals surface area contributed by atoms with Gasteiger partial charge in [0, 0.05) is 18.0 Å². The SMILES string of the molecule is CCc1cccc(C(=O)NO)c1NC(c1cccnc1)S(=O)(=O)c1ccc(OC)cc1. The molecule has 0 aliphatic carbocycles. The van der Waals surface area contributed by atoms with Crippen LogP contribution >= 0.6 is 0 Å². The average molecular weight is 442 g/mol. The quantitative estimate of drug-likeness (QED) is 0.362. The maximum atomic E-state index is 13.6. The van der Waals surface area contributed by atoms with E-state index in [2.05, 4.69) is 10.3 Å². The lowest BCUT2D eigenvalue weighted by Crippen LogP contribution is -2.26. The van der Waals surface area contributed by atoms with Crippen LogP contribution in [0.15, 0.2) is 71.9 Å². The molecule has 0 saturated carbocycles. The second-order valence-corrected chi connectivity index (χ2v) is 8.70. The number of para-hydroxylation sites is 1. The summed E-state index contributed by atoms with van der Waals surface area (Å²) in [7, 11) is -2.45. The van der Waals surface area contributed by atoms with Gasteiger partial charge in [-0.2, -0.15) is 0 Å². The number of sulfone groups is 1. The standard InChI is InChI=1S/C22H23N3O5S/c1-3-15-6-4-8-19(21(26)25-27)20(15)24-22(16-7-5-13-23-14-16)31(28,29)18-11-9-17(30-2)10-12-18/h4-14,22,24,27H,3H2,1-2H3,(H,25,26). The van der Waals surface area contributed by atoms with Gasteiger partial charge in [-0.1, -0.05) is 25.1 Å². The van der Waals surface area contributed by atoms with Crippen molar-refractivity contribution in [3.05, 3.63) is 83.7 Å². The lowest BCUT2D eigenvalue weighted by molar-refractivity contribution is 0.0707. The first-order valence-corrected chi connectivity index (χ1v) is 11.1. The number of pyridine rings is 1. The highest BCUT2D eigenvalue weighted by Crippen LogP contribution is 2.33. The molecule has 162 valence electrons. The second kappa shape index (κ2) is 9.59. The predicted octanol–water partition coefficient (Wildman–Crippen LogP) is 3.36. The summed E-state index contributed by atoms with van der Waals surface area (Å²) in [6.45, 7) is 1.89. The maximum absolute atomic E-state index is 13.6. The Morgan fingerprint density at radius 1 is 1.13 bits per heavy atom. The number of benzene rings is 2. The first-order valence-electron chi connectivity index (χ1n) is 9.53. The largest absolute Gasteiger partial charge is 0.497 e. The van der Waals surface area contributed by atoms with Crippen LogP contribution in [0.3, 0.4) is 0 Å². The van der Waals surface area contributed by atoms with Crippen LogP contribution in [0.1, 0.15) is 33.8 Å². The molecule has 0 saturated heterocycles. The number of aryl methyl sites for hydroxylation is 1. The smallest absolute Gasteiger partial charge is 0.276 e. The zero-order chi connectivity index (χ0) is 22.4. The third-order valence-corrected chi connectivity index (χ3v) is 6.78. The predicted molar refractivity (Wildman–Crippen MR) is 116 cm³/mol. The molecule has 1 atom stereocenters. The third kappa shape index (κ3) is 4.68. The molecule has 2 aromatic carbocycles. The fourth-order valence-electron chi connectivity index (χ4n) is 3.22. The van der Waals surface area contributed by atoms with Gasteiger partial charge in [0.15, 0.2) is 5.37 Å². The number of carbonyl (C=O) groups is 1. The molecule has 0 fully saturated rings. The van der Waals surface area contributed by atoms with Gasteiger partial charge >= 0.3 is 0 Å². The molecular weight excluding hydrogens is 418 g/mol. The van der Waals surface area contributed by atoms with Gasteiger partial charge in [0.25, 0.3) is 5.91 Å². The van der Waals surface area contributed by atoms with Crippen LogP contribution in [-0.2, 0) is 16.3 Å². The van der Waals surface area contributed by atoms with Crippen LogP contribution < -0.4 is 15.5 Å². The van der Waals surface area contributed by atoms with Gasteiger partial charge in [-0.05, 0) is 48.4 Å². The lowest BCUT2D eigenvalue weighted by atomic mass is 10.0. The van der Waals surface area contributed by atoms with Crippen molar-refractivity contribution in [3.8, 4) is 5.75 Å². The number of rotatable bonds is 8. The van der Waals surface area contributed by atoms with Crippen LogP contribution in [0, 0.1) is 0 Å². The summed E-state index contributed by atoms with van der Waals surface area (Å²) >= 11 is 0. The normalized spacial score (nSPS) is 12.1. The van der Waals surface area contributed by atoms with Crippen LogP contribution in [0.4, 0.5) is 5.69 Å². The summed E-state index contributed by atoms with van der Waals surface area (Å²) in [6.07, 6.45) is 3.54. The molecule has 3 N–H and O–H groups in total. The van der Waals surface area contributed by atoms with Crippen molar-refractivity contribution in [3.63, 3.8) is 0 Å². The van der Waals surface area contributed by atoms with Gasteiger partial charge < -0.3 is 10.1 Å². The summed E-state index contributed by atoms with van der Waals surface area (Å²) in [5, 5.41) is 11.0. The van der Waals surface area contributed by atoms with Crippen molar-refractivity contribution in [2.45, 2.75) is 23.6 Å². The highest BCUT2D eigenvalue weighted by Gasteiger charge is 2.31. The van der Waals surface area contributed by atoms with Crippen LogP contribution in [0.25, 0.3) is 0 Å². The van der Waals surface area contributed by atoms with E-state index >= 15 is 0 Å². The molecule has 3 rings (SSSR count). The van der Waals surface area contributed by atoms with Crippen molar-refractivity contribution in [1.82, 2.24) is 10.5 Å². The molecule has 31 heavy (non-hydrogen) atoms. The van der Waals surface area contributed by atoms with Gasteiger partial charge in [-0.15, -0.1) is 0 Å². The molecule has 0 spiro atoms. The number of carbonyl (C=O) groups excluding carboxylic acids is 1. The highest BCUT2D eigenvalue weighted by molar-refractivity contribution is 7.91.